The average molecular weight is 863 g/mol. The van der Waals surface area contributed by atoms with Gasteiger partial charge in [-0.3, -0.25) is 33.6 Å². The molecule has 4 aliphatic rings. The molecule has 18 nitrogen and oxygen atoms in total. The molecule has 1 unspecified atom stereocenters. The number of primary amides is 1. The van der Waals surface area contributed by atoms with Crippen molar-refractivity contribution in [3.63, 3.8) is 0 Å². The van der Waals surface area contributed by atoms with Crippen molar-refractivity contribution in [2.45, 2.75) is 193 Å². The van der Waals surface area contributed by atoms with Crippen molar-refractivity contribution in [2.75, 3.05) is 13.1 Å². The first-order chi connectivity index (χ1) is 28.7. The molecule has 0 aromatic rings. The molecule has 1 saturated heterocycles. The highest BCUT2D eigenvalue weighted by molar-refractivity contribution is 6.47. The Morgan fingerprint density at radius 3 is 2.03 bits per heavy atom. The van der Waals surface area contributed by atoms with Crippen LogP contribution in [0.15, 0.2) is 0 Å². The number of rotatable bonds is 28. The van der Waals surface area contributed by atoms with Crippen molar-refractivity contribution >= 4 is 48.5 Å². The molecule has 0 aromatic heterocycles. The molecular formula is C42H75BN8O10. The number of amides is 7. The summed E-state index contributed by atoms with van der Waals surface area (Å²) >= 11 is 0. The highest BCUT2D eigenvalue weighted by Gasteiger charge is 2.68. The number of aliphatic hydroxyl groups excluding tert-OH is 1. The van der Waals surface area contributed by atoms with Crippen LogP contribution in [-0.4, -0.2) is 115 Å². The van der Waals surface area contributed by atoms with Gasteiger partial charge in [-0.2, -0.15) is 0 Å². The van der Waals surface area contributed by atoms with E-state index in [0.717, 1.165) is 38.5 Å². The SMILES string of the molecule is CCCCCCCCCC(=O)NCCC(=O)N[C@@H](CCCCN)C(=O)N[C@H](C(=O)N[C@@H](C)C(=O)N[C@@H](CC(N)=O)C(=O)N[C@@H](C)B1OC2C[C@@H]3C[C@@H](C3(C)C)[C@]2(C)O1)[C@@H](C)O. The third-order valence-corrected chi connectivity index (χ3v) is 12.9. The lowest BCUT2D eigenvalue weighted by Crippen LogP contribution is -2.65. The van der Waals surface area contributed by atoms with Gasteiger partial charge in [0.2, 0.25) is 41.4 Å². The highest BCUT2D eigenvalue weighted by atomic mass is 16.7. The molecular weight excluding hydrogens is 787 g/mol. The second-order valence-electron chi connectivity index (χ2n) is 18.2. The Bertz CT molecular complexity index is 1520. The molecule has 4 rings (SSSR count). The minimum absolute atomic E-state index is 0.0780. The maximum atomic E-state index is 13.5. The van der Waals surface area contributed by atoms with Crippen LogP contribution in [-0.2, 0) is 42.9 Å². The molecule has 1 heterocycles. The number of nitrogens with one attached hydrogen (secondary N) is 6. The first-order valence-electron chi connectivity index (χ1n) is 22.5. The predicted octanol–water partition coefficient (Wildman–Crippen LogP) is 0.750. The summed E-state index contributed by atoms with van der Waals surface area (Å²) in [7, 11) is -0.754. The number of hydrogen-bond donors (Lipinski definition) is 9. The van der Waals surface area contributed by atoms with E-state index in [1.54, 1.807) is 6.92 Å². The zero-order valence-electron chi connectivity index (χ0n) is 37.6. The molecule has 4 fully saturated rings. The molecule has 61 heavy (non-hydrogen) atoms. The fourth-order valence-electron chi connectivity index (χ4n) is 8.92. The van der Waals surface area contributed by atoms with E-state index in [0.29, 0.717) is 37.6 Å². The molecule has 10 atom stereocenters. The quantitative estimate of drug-likeness (QED) is 0.0391. The van der Waals surface area contributed by atoms with E-state index in [1.165, 1.54) is 33.1 Å². The average Bonchev–Trinajstić information content (AvgIpc) is 3.56. The van der Waals surface area contributed by atoms with Gasteiger partial charge in [0.05, 0.1) is 30.2 Å². The van der Waals surface area contributed by atoms with Crippen LogP contribution in [0, 0.1) is 17.3 Å². The lowest BCUT2D eigenvalue weighted by molar-refractivity contribution is -0.199. The van der Waals surface area contributed by atoms with Crippen LogP contribution in [0.1, 0.15) is 145 Å². The van der Waals surface area contributed by atoms with Crippen molar-refractivity contribution in [3.8, 4) is 0 Å². The Morgan fingerprint density at radius 2 is 1.41 bits per heavy atom. The predicted molar refractivity (Wildman–Crippen MR) is 230 cm³/mol. The topological polar surface area (TPSA) is 282 Å². The normalized spacial score (nSPS) is 24.0. The van der Waals surface area contributed by atoms with E-state index < -0.39 is 90.8 Å². The number of nitrogens with two attached hydrogens (primary N) is 2. The van der Waals surface area contributed by atoms with Crippen LogP contribution in [0.4, 0.5) is 0 Å². The van der Waals surface area contributed by atoms with E-state index in [9.17, 15) is 38.7 Å². The Hall–Kier alpha value is -3.81. The summed E-state index contributed by atoms with van der Waals surface area (Å²) in [6.07, 6.45) is 8.92. The first-order valence-corrected chi connectivity index (χ1v) is 22.5. The van der Waals surface area contributed by atoms with E-state index in [2.05, 4.69) is 59.6 Å². The lowest BCUT2D eigenvalue weighted by Gasteiger charge is -2.64. The van der Waals surface area contributed by atoms with Gasteiger partial charge in [0.15, 0.2) is 0 Å². The number of aliphatic hydroxyl groups is 1. The van der Waals surface area contributed by atoms with Gasteiger partial charge in [0.25, 0.3) is 0 Å². The van der Waals surface area contributed by atoms with Crippen molar-refractivity contribution in [1.29, 1.82) is 0 Å². The maximum absolute atomic E-state index is 13.5. The summed E-state index contributed by atoms with van der Waals surface area (Å²) in [5.74, 6) is -4.52. The zero-order chi connectivity index (χ0) is 45.5. The molecule has 7 amide bonds. The molecule has 2 bridgehead atoms. The fraction of sp³-hybridized carbons (Fsp3) is 0.833. The van der Waals surface area contributed by atoms with Gasteiger partial charge >= 0.3 is 7.12 Å². The standard InChI is InChI=1S/C42H75BN8O10/c1-8-9-10-11-12-13-14-18-34(54)46-21-19-35(55)49-29(17-15-16-20-44)38(57)51-36(26(3)52)40(59)47-25(2)37(56)50-30(24-33(45)53)39(58)48-27(4)43-60-32-23-28-22-31(41(28,5)6)42(32,7)61-43/h25-32,36,52H,8-24,44H2,1-7H3,(H2,45,53)(H,46,54)(H,47,59)(H,48,58)(H,49,55)(H,50,56)(H,51,57)/t25-,26+,27-,28-,29-,30-,31-,32?,36-,42-/m0/s1. The molecule has 0 spiro atoms. The highest BCUT2D eigenvalue weighted by Crippen LogP contribution is 2.65. The van der Waals surface area contributed by atoms with Gasteiger partial charge in [-0.05, 0) is 90.0 Å². The van der Waals surface area contributed by atoms with Crippen LogP contribution in [0.2, 0.25) is 0 Å². The van der Waals surface area contributed by atoms with Crippen molar-refractivity contribution in [1.82, 2.24) is 31.9 Å². The summed E-state index contributed by atoms with van der Waals surface area (Å²) in [4.78, 5) is 90.7. The van der Waals surface area contributed by atoms with E-state index >= 15 is 0 Å². The van der Waals surface area contributed by atoms with Gasteiger partial charge in [0, 0.05) is 19.4 Å². The molecule has 1 aliphatic heterocycles. The molecule has 3 aliphatic carbocycles. The summed E-state index contributed by atoms with van der Waals surface area (Å²) in [6.45, 7) is 13.5. The van der Waals surface area contributed by atoms with Gasteiger partial charge in [-0.1, -0.05) is 59.3 Å². The van der Waals surface area contributed by atoms with Crippen molar-refractivity contribution in [2.24, 2.45) is 28.7 Å². The van der Waals surface area contributed by atoms with E-state index in [1.807, 2.05) is 0 Å². The van der Waals surface area contributed by atoms with Crippen LogP contribution in [0.25, 0.3) is 0 Å². The number of unbranched alkanes of at least 4 members (excludes halogenated alkanes) is 7. The Morgan fingerprint density at radius 1 is 0.754 bits per heavy atom. The second kappa shape index (κ2) is 24.2. The maximum Gasteiger partial charge on any atom is 0.481 e. The second-order valence-corrected chi connectivity index (χ2v) is 18.2. The summed E-state index contributed by atoms with van der Waals surface area (Å²) < 4.78 is 12.7. The van der Waals surface area contributed by atoms with Gasteiger partial charge in [-0.25, -0.2) is 0 Å². The lowest BCUT2D eigenvalue weighted by atomic mass is 9.43. The fourth-order valence-corrected chi connectivity index (χ4v) is 8.92. The smallest absolute Gasteiger partial charge is 0.404 e. The summed E-state index contributed by atoms with van der Waals surface area (Å²) in [5.41, 5.74) is 10.7. The molecule has 3 saturated carbocycles. The summed E-state index contributed by atoms with van der Waals surface area (Å²) in [6, 6.07) is -5.33. The summed E-state index contributed by atoms with van der Waals surface area (Å²) in [5, 5.41) is 26.1. The Labute approximate surface area is 362 Å². The minimum atomic E-state index is -1.54. The van der Waals surface area contributed by atoms with Gasteiger partial charge in [0.1, 0.15) is 24.2 Å². The van der Waals surface area contributed by atoms with Crippen LogP contribution >= 0.6 is 0 Å². The first kappa shape index (κ1) is 51.5. The van der Waals surface area contributed by atoms with E-state index in [4.69, 9.17) is 20.8 Å². The number of hydrogen-bond acceptors (Lipinski definition) is 11. The molecule has 346 valence electrons. The zero-order valence-corrected chi connectivity index (χ0v) is 37.6. The number of carbonyl (C=O) groups is 7. The van der Waals surface area contributed by atoms with Crippen molar-refractivity contribution in [3.05, 3.63) is 0 Å². The van der Waals surface area contributed by atoms with E-state index in [-0.39, 0.29) is 36.8 Å². The Balaban J connectivity index is 1.52. The molecule has 19 heteroatoms. The monoisotopic (exact) mass is 863 g/mol. The molecule has 0 radical (unpaired) electrons. The van der Waals surface area contributed by atoms with Gasteiger partial charge < -0.3 is 57.8 Å². The van der Waals surface area contributed by atoms with Crippen molar-refractivity contribution < 1.29 is 48.0 Å². The Kier molecular flexibility index (Phi) is 20.4. The van der Waals surface area contributed by atoms with Crippen LogP contribution in [0.5, 0.6) is 0 Å². The van der Waals surface area contributed by atoms with Crippen LogP contribution in [0.3, 0.4) is 0 Å². The minimum Gasteiger partial charge on any atom is -0.404 e. The third kappa shape index (κ3) is 14.9. The van der Waals surface area contributed by atoms with Gasteiger partial charge in [-0.15, -0.1) is 0 Å². The third-order valence-electron chi connectivity index (χ3n) is 12.9. The number of carbonyl (C=O) groups excluding carboxylic acids is 7. The molecule has 11 N–H and O–H groups in total. The van der Waals surface area contributed by atoms with Crippen LogP contribution < -0.4 is 43.4 Å². The molecule has 0 aromatic carbocycles. The largest absolute Gasteiger partial charge is 0.481 e.